The number of sulfone groups is 1. The molecule has 1 atom stereocenters. The lowest BCUT2D eigenvalue weighted by Crippen LogP contribution is -2.48. The predicted molar refractivity (Wildman–Crippen MR) is 77.0 cm³/mol. The average Bonchev–Trinajstić information content (AvgIpc) is 2.31. The van der Waals surface area contributed by atoms with Crippen molar-refractivity contribution >= 4 is 31.7 Å². The molecule has 0 saturated carbocycles. The van der Waals surface area contributed by atoms with Gasteiger partial charge in [0.1, 0.15) is 0 Å². The summed E-state index contributed by atoms with van der Waals surface area (Å²) in [6.07, 6.45) is 3.20. The fraction of sp³-hybridized carbons (Fsp3) is 0.500. The van der Waals surface area contributed by atoms with Gasteiger partial charge in [-0.2, -0.15) is 0 Å². The fourth-order valence-corrected chi connectivity index (χ4v) is 4.30. The lowest BCUT2D eigenvalue weighted by atomic mass is 10.1. The summed E-state index contributed by atoms with van der Waals surface area (Å²) in [5.74, 6) is -1.00. The number of pyridine rings is 1. The van der Waals surface area contributed by atoms with E-state index < -0.39 is 21.8 Å². The van der Waals surface area contributed by atoms with Crippen LogP contribution >= 0.6 is 15.9 Å². The number of hydrogen-bond donors (Lipinski definition) is 1. The van der Waals surface area contributed by atoms with Crippen LogP contribution in [0.4, 0.5) is 0 Å². The van der Waals surface area contributed by atoms with Crippen LogP contribution < -0.4 is 0 Å². The Morgan fingerprint density at radius 1 is 1.50 bits per heavy atom. The molecule has 1 unspecified atom stereocenters. The molecule has 2 heterocycles. The van der Waals surface area contributed by atoms with Crippen LogP contribution in [0.3, 0.4) is 0 Å². The minimum absolute atomic E-state index is 0.0740. The Kier molecular flexibility index (Phi) is 4.77. The van der Waals surface area contributed by atoms with Gasteiger partial charge < -0.3 is 5.11 Å². The van der Waals surface area contributed by atoms with Crippen LogP contribution in [0.1, 0.15) is 12.0 Å². The minimum atomic E-state index is -3.14. The number of rotatable bonds is 4. The highest BCUT2D eigenvalue weighted by molar-refractivity contribution is 9.10. The number of aliphatic carboxylic acids is 1. The second-order valence-corrected chi connectivity index (χ2v) is 7.99. The Labute approximate surface area is 125 Å². The van der Waals surface area contributed by atoms with Crippen molar-refractivity contribution in [3.8, 4) is 0 Å². The van der Waals surface area contributed by atoms with E-state index in [4.69, 9.17) is 5.11 Å². The summed E-state index contributed by atoms with van der Waals surface area (Å²) in [6.45, 7) is 0.854. The topological polar surface area (TPSA) is 87.6 Å². The van der Waals surface area contributed by atoms with Gasteiger partial charge in [0.25, 0.3) is 0 Å². The van der Waals surface area contributed by atoms with Crippen molar-refractivity contribution in [3.63, 3.8) is 0 Å². The first-order chi connectivity index (χ1) is 9.35. The Bertz CT molecular complexity index is 605. The monoisotopic (exact) mass is 362 g/mol. The standard InChI is InChI=1S/C12H15BrN2O4S/c13-10-3-9(5-14-6-10)7-15-1-2-20(18,19)8-11(15)4-12(16)17/h3,5-6,11H,1-2,4,7-8H2,(H,16,17). The van der Waals surface area contributed by atoms with E-state index in [1.807, 2.05) is 11.0 Å². The highest BCUT2D eigenvalue weighted by atomic mass is 79.9. The van der Waals surface area contributed by atoms with Crippen LogP contribution in [0, 0.1) is 0 Å². The normalized spacial score (nSPS) is 22.6. The highest BCUT2D eigenvalue weighted by Crippen LogP contribution is 2.19. The van der Waals surface area contributed by atoms with E-state index >= 15 is 0 Å². The van der Waals surface area contributed by atoms with Gasteiger partial charge in [0.15, 0.2) is 9.84 Å². The molecule has 1 N–H and O–H groups in total. The van der Waals surface area contributed by atoms with Gasteiger partial charge in [0, 0.05) is 36.0 Å². The molecule has 1 aliphatic heterocycles. The molecule has 1 aromatic rings. The summed E-state index contributed by atoms with van der Waals surface area (Å²) >= 11 is 3.33. The average molecular weight is 363 g/mol. The Balaban J connectivity index is 2.13. The largest absolute Gasteiger partial charge is 0.481 e. The first-order valence-electron chi connectivity index (χ1n) is 6.11. The molecule has 0 bridgehead atoms. The zero-order chi connectivity index (χ0) is 14.8. The van der Waals surface area contributed by atoms with E-state index in [1.165, 1.54) is 0 Å². The fourth-order valence-electron chi connectivity index (χ4n) is 2.30. The van der Waals surface area contributed by atoms with Crippen molar-refractivity contribution in [2.45, 2.75) is 19.0 Å². The minimum Gasteiger partial charge on any atom is -0.481 e. The molecular weight excluding hydrogens is 348 g/mol. The van der Waals surface area contributed by atoms with Crippen molar-refractivity contribution in [1.29, 1.82) is 0 Å². The molecule has 110 valence electrons. The molecule has 1 fully saturated rings. The van der Waals surface area contributed by atoms with Gasteiger partial charge in [0.05, 0.1) is 17.9 Å². The van der Waals surface area contributed by atoms with Gasteiger partial charge in [-0.15, -0.1) is 0 Å². The maximum atomic E-state index is 11.7. The van der Waals surface area contributed by atoms with Gasteiger partial charge in [-0.3, -0.25) is 14.7 Å². The molecule has 0 radical (unpaired) electrons. The molecule has 0 aliphatic carbocycles. The number of carboxylic acid groups (broad SMARTS) is 1. The molecule has 6 nitrogen and oxygen atoms in total. The Morgan fingerprint density at radius 3 is 2.90 bits per heavy atom. The molecule has 1 aromatic heterocycles. The molecule has 20 heavy (non-hydrogen) atoms. The van der Waals surface area contributed by atoms with Crippen molar-refractivity contribution < 1.29 is 18.3 Å². The molecule has 0 amide bonds. The second-order valence-electron chi connectivity index (χ2n) is 4.85. The first kappa shape index (κ1) is 15.4. The number of aromatic nitrogens is 1. The highest BCUT2D eigenvalue weighted by Gasteiger charge is 2.32. The summed E-state index contributed by atoms with van der Waals surface area (Å²) in [4.78, 5) is 16.8. The van der Waals surface area contributed by atoms with E-state index in [0.29, 0.717) is 13.1 Å². The third kappa shape index (κ3) is 4.26. The summed E-state index contributed by atoms with van der Waals surface area (Å²) in [7, 11) is -3.14. The zero-order valence-corrected chi connectivity index (χ0v) is 13.1. The van der Waals surface area contributed by atoms with Crippen LogP contribution in [0.5, 0.6) is 0 Å². The summed E-state index contributed by atoms with van der Waals surface area (Å²) in [6, 6.07) is 1.42. The van der Waals surface area contributed by atoms with Crippen LogP contribution in [0.25, 0.3) is 0 Å². The lowest BCUT2D eigenvalue weighted by Gasteiger charge is -2.34. The number of nitrogens with zero attached hydrogens (tertiary/aromatic N) is 2. The summed E-state index contributed by atoms with van der Waals surface area (Å²) in [5, 5.41) is 8.92. The molecule has 8 heteroatoms. The van der Waals surface area contributed by atoms with Gasteiger partial charge in [-0.05, 0) is 27.6 Å². The van der Waals surface area contributed by atoms with Crippen LogP contribution in [0.15, 0.2) is 22.9 Å². The van der Waals surface area contributed by atoms with Gasteiger partial charge in [0.2, 0.25) is 0 Å². The van der Waals surface area contributed by atoms with Crippen molar-refractivity contribution in [3.05, 3.63) is 28.5 Å². The number of carbonyl (C=O) groups is 1. The van der Waals surface area contributed by atoms with E-state index in [-0.39, 0.29) is 17.9 Å². The molecule has 0 aromatic carbocycles. The van der Waals surface area contributed by atoms with Crippen LogP contribution in [-0.2, 0) is 21.2 Å². The second kappa shape index (κ2) is 6.19. The predicted octanol–water partition coefficient (Wildman–Crippen LogP) is 0.918. The van der Waals surface area contributed by atoms with E-state index in [1.54, 1.807) is 12.4 Å². The molecule has 2 rings (SSSR count). The van der Waals surface area contributed by atoms with Crippen LogP contribution in [0.2, 0.25) is 0 Å². The smallest absolute Gasteiger partial charge is 0.304 e. The lowest BCUT2D eigenvalue weighted by molar-refractivity contribution is -0.138. The zero-order valence-electron chi connectivity index (χ0n) is 10.7. The Hall–Kier alpha value is -0.990. The third-order valence-corrected chi connectivity index (χ3v) is 5.34. The first-order valence-corrected chi connectivity index (χ1v) is 8.73. The number of carboxylic acids is 1. The van der Waals surface area contributed by atoms with Crippen molar-refractivity contribution in [2.75, 3.05) is 18.1 Å². The third-order valence-electron chi connectivity index (χ3n) is 3.21. The van der Waals surface area contributed by atoms with Crippen molar-refractivity contribution in [1.82, 2.24) is 9.88 Å². The van der Waals surface area contributed by atoms with E-state index in [9.17, 15) is 13.2 Å². The van der Waals surface area contributed by atoms with Gasteiger partial charge in [-0.1, -0.05) is 0 Å². The van der Waals surface area contributed by atoms with Gasteiger partial charge >= 0.3 is 5.97 Å². The summed E-state index contributed by atoms with van der Waals surface area (Å²) < 4.78 is 24.2. The molecular formula is C12H15BrN2O4S. The molecule has 1 saturated heterocycles. The maximum absolute atomic E-state index is 11.7. The SMILES string of the molecule is O=C(O)CC1CS(=O)(=O)CCN1Cc1cncc(Br)c1. The summed E-state index contributed by atoms with van der Waals surface area (Å²) in [5.41, 5.74) is 0.925. The van der Waals surface area contributed by atoms with E-state index in [0.717, 1.165) is 10.0 Å². The van der Waals surface area contributed by atoms with Gasteiger partial charge in [-0.25, -0.2) is 8.42 Å². The number of halogens is 1. The maximum Gasteiger partial charge on any atom is 0.304 e. The molecule has 0 spiro atoms. The molecule has 1 aliphatic rings. The quantitative estimate of drug-likeness (QED) is 0.856. The van der Waals surface area contributed by atoms with Crippen molar-refractivity contribution in [2.24, 2.45) is 0 Å². The van der Waals surface area contributed by atoms with Crippen LogP contribution in [-0.4, -0.2) is 53.5 Å². The Morgan fingerprint density at radius 2 is 2.25 bits per heavy atom. The van der Waals surface area contributed by atoms with E-state index in [2.05, 4.69) is 20.9 Å². The number of hydrogen-bond acceptors (Lipinski definition) is 5.